The second-order valence-electron chi connectivity index (χ2n) is 4.15. The van der Waals surface area contributed by atoms with Crippen LogP contribution >= 0.6 is 11.6 Å². The van der Waals surface area contributed by atoms with Crippen LogP contribution in [0, 0.1) is 0 Å². The van der Waals surface area contributed by atoms with Gasteiger partial charge >= 0.3 is 0 Å². The predicted molar refractivity (Wildman–Crippen MR) is 77.6 cm³/mol. The Morgan fingerprint density at radius 3 is 2.65 bits per heavy atom. The fourth-order valence-electron chi connectivity index (χ4n) is 1.65. The van der Waals surface area contributed by atoms with Gasteiger partial charge in [0.15, 0.2) is 0 Å². The van der Waals surface area contributed by atoms with Crippen LogP contribution in [0.4, 0.5) is 0 Å². The highest BCUT2D eigenvalue weighted by Crippen LogP contribution is 2.22. The highest BCUT2D eigenvalue weighted by molar-refractivity contribution is 7.89. The van der Waals surface area contributed by atoms with Crippen molar-refractivity contribution in [3.05, 3.63) is 58.9 Å². The number of halogens is 1. The van der Waals surface area contributed by atoms with Crippen molar-refractivity contribution in [2.45, 2.75) is 18.0 Å². The summed E-state index contributed by atoms with van der Waals surface area (Å²) in [7, 11) is -3.66. The lowest BCUT2D eigenvalue weighted by atomic mass is 10.2. The quantitative estimate of drug-likeness (QED) is 0.879. The lowest BCUT2D eigenvalue weighted by Gasteiger charge is -2.09. The molecule has 1 aromatic heterocycles. The molecule has 0 saturated heterocycles. The molecule has 0 spiro atoms. The summed E-state index contributed by atoms with van der Waals surface area (Å²) in [6.07, 6.45) is 3.22. The van der Waals surface area contributed by atoms with E-state index in [2.05, 4.69) is 9.71 Å². The van der Waals surface area contributed by atoms with Crippen LogP contribution < -0.4 is 10.5 Å². The molecular weight excluding hydrogens is 298 g/mol. The van der Waals surface area contributed by atoms with E-state index in [1.165, 1.54) is 6.07 Å². The Morgan fingerprint density at radius 2 is 2.05 bits per heavy atom. The molecule has 3 N–H and O–H groups in total. The molecule has 0 aliphatic carbocycles. The molecule has 0 atom stereocenters. The zero-order chi connectivity index (χ0) is 14.6. The van der Waals surface area contributed by atoms with Gasteiger partial charge < -0.3 is 5.73 Å². The zero-order valence-corrected chi connectivity index (χ0v) is 12.2. The summed E-state index contributed by atoms with van der Waals surface area (Å²) in [5.41, 5.74) is 7.03. The van der Waals surface area contributed by atoms with Crippen LogP contribution in [0.1, 0.15) is 11.1 Å². The summed E-state index contributed by atoms with van der Waals surface area (Å²) >= 11 is 5.99. The first kappa shape index (κ1) is 14.9. The summed E-state index contributed by atoms with van der Waals surface area (Å²) in [5, 5.41) is 0.159. The third kappa shape index (κ3) is 3.55. The summed E-state index contributed by atoms with van der Waals surface area (Å²) in [5.74, 6) is 0. The number of hydrogen-bond acceptors (Lipinski definition) is 4. The second-order valence-corrected chi connectivity index (χ2v) is 6.30. The molecule has 0 radical (unpaired) electrons. The maximum atomic E-state index is 12.2. The van der Waals surface area contributed by atoms with Gasteiger partial charge in [0.25, 0.3) is 0 Å². The second kappa shape index (κ2) is 6.32. The Bertz CT molecular complexity index is 690. The number of nitrogens with two attached hydrogens (primary N) is 1. The van der Waals surface area contributed by atoms with Gasteiger partial charge in [0.2, 0.25) is 10.0 Å². The predicted octanol–water partition coefficient (Wildman–Crippen LogP) is 1.67. The van der Waals surface area contributed by atoms with E-state index in [0.29, 0.717) is 6.54 Å². The lowest BCUT2D eigenvalue weighted by Crippen LogP contribution is -2.23. The number of rotatable bonds is 5. The van der Waals surface area contributed by atoms with Gasteiger partial charge in [-0.2, -0.15) is 0 Å². The molecule has 0 unspecified atom stereocenters. The van der Waals surface area contributed by atoms with Gasteiger partial charge in [-0.1, -0.05) is 23.7 Å². The summed E-state index contributed by atoms with van der Waals surface area (Å²) in [4.78, 5) is 3.97. The molecule has 2 aromatic rings. The number of benzene rings is 1. The summed E-state index contributed by atoms with van der Waals surface area (Å²) < 4.78 is 26.8. The topological polar surface area (TPSA) is 85.1 Å². The largest absolute Gasteiger partial charge is 0.326 e. The third-order valence-electron chi connectivity index (χ3n) is 2.71. The van der Waals surface area contributed by atoms with Crippen molar-refractivity contribution in [1.29, 1.82) is 0 Å². The molecule has 20 heavy (non-hydrogen) atoms. The van der Waals surface area contributed by atoms with Gasteiger partial charge in [-0.25, -0.2) is 13.1 Å². The van der Waals surface area contributed by atoms with Crippen LogP contribution in [0.15, 0.2) is 47.6 Å². The Kier molecular flexibility index (Phi) is 4.72. The van der Waals surface area contributed by atoms with Crippen molar-refractivity contribution >= 4 is 21.6 Å². The molecule has 1 aromatic carbocycles. The molecule has 7 heteroatoms. The maximum Gasteiger partial charge on any atom is 0.242 e. The molecule has 106 valence electrons. The van der Waals surface area contributed by atoms with Gasteiger partial charge in [0, 0.05) is 25.5 Å². The van der Waals surface area contributed by atoms with Gasteiger partial charge in [0.05, 0.1) is 5.02 Å². The number of hydrogen-bond donors (Lipinski definition) is 2. The molecular formula is C13H14ClN3O2S. The number of aromatic nitrogens is 1. The fourth-order valence-corrected chi connectivity index (χ4v) is 3.23. The molecule has 2 rings (SSSR count). The maximum absolute atomic E-state index is 12.2. The molecule has 0 saturated carbocycles. The van der Waals surface area contributed by atoms with Crippen molar-refractivity contribution in [2.75, 3.05) is 0 Å². The average molecular weight is 312 g/mol. The SMILES string of the molecule is NCc1ccc(S(=O)(=O)NCc2cccnc2)c(Cl)c1. The summed E-state index contributed by atoms with van der Waals surface area (Å²) in [6.45, 7) is 0.467. The van der Waals surface area contributed by atoms with Crippen LogP contribution in [-0.4, -0.2) is 13.4 Å². The minimum absolute atomic E-state index is 0.0419. The van der Waals surface area contributed by atoms with E-state index in [-0.39, 0.29) is 16.5 Å². The first-order valence-corrected chi connectivity index (χ1v) is 7.76. The standard InChI is InChI=1S/C13H14ClN3O2S/c14-12-6-10(7-15)3-4-13(12)20(18,19)17-9-11-2-1-5-16-8-11/h1-6,8,17H,7,9,15H2. The van der Waals surface area contributed by atoms with Gasteiger partial charge in [0.1, 0.15) is 4.90 Å². The molecule has 0 amide bonds. The normalized spacial score (nSPS) is 11.5. The monoisotopic (exact) mass is 311 g/mol. The Labute approximate surface area is 122 Å². The van der Waals surface area contributed by atoms with Crippen molar-refractivity contribution in [3.63, 3.8) is 0 Å². The first-order valence-electron chi connectivity index (χ1n) is 5.90. The van der Waals surface area contributed by atoms with E-state index < -0.39 is 10.0 Å². The van der Waals surface area contributed by atoms with Crippen LogP contribution in [0.5, 0.6) is 0 Å². The van der Waals surface area contributed by atoms with Crippen molar-refractivity contribution in [2.24, 2.45) is 5.73 Å². The highest BCUT2D eigenvalue weighted by atomic mass is 35.5. The number of sulfonamides is 1. The van der Waals surface area contributed by atoms with E-state index in [4.69, 9.17) is 17.3 Å². The van der Waals surface area contributed by atoms with Crippen molar-refractivity contribution in [3.8, 4) is 0 Å². The minimum Gasteiger partial charge on any atom is -0.326 e. The number of nitrogens with one attached hydrogen (secondary N) is 1. The molecule has 0 aliphatic rings. The Hall–Kier alpha value is -1.47. The van der Waals surface area contributed by atoms with E-state index in [1.54, 1.807) is 36.7 Å². The first-order chi connectivity index (χ1) is 9.53. The Balaban J connectivity index is 2.18. The van der Waals surface area contributed by atoms with Crippen LogP contribution in [0.3, 0.4) is 0 Å². The lowest BCUT2D eigenvalue weighted by molar-refractivity contribution is 0.581. The van der Waals surface area contributed by atoms with E-state index in [9.17, 15) is 8.42 Å². The smallest absolute Gasteiger partial charge is 0.242 e. The van der Waals surface area contributed by atoms with E-state index in [1.807, 2.05) is 0 Å². The minimum atomic E-state index is -3.66. The molecule has 0 bridgehead atoms. The van der Waals surface area contributed by atoms with Gasteiger partial charge in [-0.3, -0.25) is 4.98 Å². The Morgan fingerprint density at radius 1 is 1.25 bits per heavy atom. The van der Waals surface area contributed by atoms with Crippen LogP contribution in [0.2, 0.25) is 5.02 Å². The zero-order valence-electron chi connectivity index (χ0n) is 10.6. The van der Waals surface area contributed by atoms with Crippen LogP contribution in [-0.2, 0) is 23.1 Å². The fraction of sp³-hybridized carbons (Fsp3) is 0.154. The molecule has 5 nitrogen and oxygen atoms in total. The molecule has 0 fully saturated rings. The summed E-state index contributed by atoms with van der Waals surface area (Å²) in [6, 6.07) is 8.18. The molecule has 1 heterocycles. The third-order valence-corrected chi connectivity index (χ3v) is 4.59. The van der Waals surface area contributed by atoms with E-state index >= 15 is 0 Å². The van der Waals surface area contributed by atoms with Gasteiger partial charge in [-0.15, -0.1) is 0 Å². The van der Waals surface area contributed by atoms with Crippen molar-refractivity contribution < 1.29 is 8.42 Å². The number of pyridine rings is 1. The van der Waals surface area contributed by atoms with Crippen molar-refractivity contribution in [1.82, 2.24) is 9.71 Å². The highest BCUT2D eigenvalue weighted by Gasteiger charge is 2.17. The van der Waals surface area contributed by atoms with E-state index in [0.717, 1.165) is 11.1 Å². The average Bonchev–Trinajstić information content (AvgIpc) is 2.46. The number of nitrogens with zero attached hydrogens (tertiary/aromatic N) is 1. The molecule has 0 aliphatic heterocycles. The van der Waals surface area contributed by atoms with Crippen LogP contribution in [0.25, 0.3) is 0 Å². The van der Waals surface area contributed by atoms with Gasteiger partial charge in [-0.05, 0) is 29.3 Å².